The third kappa shape index (κ3) is 2.77. The molecule has 1 fully saturated rings. The summed E-state index contributed by atoms with van der Waals surface area (Å²) in [5.41, 5.74) is 1.76. The van der Waals surface area contributed by atoms with Crippen LogP contribution in [0.5, 0.6) is 0 Å². The van der Waals surface area contributed by atoms with Crippen LogP contribution >= 0.6 is 0 Å². The van der Waals surface area contributed by atoms with Gasteiger partial charge in [0.1, 0.15) is 11.6 Å². The third-order valence-electron chi connectivity index (χ3n) is 3.50. The van der Waals surface area contributed by atoms with Crippen LogP contribution in [0, 0.1) is 11.3 Å². The van der Waals surface area contributed by atoms with E-state index in [9.17, 15) is 0 Å². The van der Waals surface area contributed by atoms with E-state index in [2.05, 4.69) is 28.3 Å². The maximum atomic E-state index is 8.95. The standard InChI is InChI=1S/C16H16N4/c1-11(14-4-2-3-12(9-14)10-17)19-15-7-8-18-16(20-15)13-5-6-13/h2-4,7-9,11,13H,5-6H2,1H3,(H,18,19,20). The average molecular weight is 264 g/mol. The summed E-state index contributed by atoms with van der Waals surface area (Å²) in [6.45, 7) is 2.06. The molecule has 1 N–H and O–H groups in total. The molecule has 0 aliphatic heterocycles. The molecule has 4 nitrogen and oxygen atoms in total. The summed E-state index contributed by atoms with van der Waals surface area (Å²) in [5, 5.41) is 12.3. The van der Waals surface area contributed by atoms with Crippen molar-refractivity contribution in [3.05, 3.63) is 53.5 Å². The molecule has 1 unspecified atom stereocenters. The molecule has 2 aromatic rings. The van der Waals surface area contributed by atoms with E-state index in [1.807, 2.05) is 30.3 Å². The molecule has 1 heterocycles. The molecule has 1 aliphatic rings. The number of nitrogens with zero attached hydrogens (tertiary/aromatic N) is 3. The van der Waals surface area contributed by atoms with Crippen molar-refractivity contribution in [2.24, 2.45) is 0 Å². The van der Waals surface area contributed by atoms with Crippen LogP contribution in [0.1, 0.15) is 48.7 Å². The monoisotopic (exact) mass is 264 g/mol. The molecule has 0 radical (unpaired) electrons. The number of hydrogen-bond acceptors (Lipinski definition) is 4. The quantitative estimate of drug-likeness (QED) is 0.919. The molecule has 4 heteroatoms. The minimum absolute atomic E-state index is 0.102. The van der Waals surface area contributed by atoms with E-state index in [4.69, 9.17) is 5.26 Å². The van der Waals surface area contributed by atoms with Gasteiger partial charge in [-0.15, -0.1) is 0 Å². The lowest BCUT2D eigenvalue weighted by molar-refractivity contribution is 0.853. The summed E-state index contributed by atoms with van der Waals surface area (Å²) in [6, 6.07) is 11.8. The van der Waals surface area contributed by atoms with Crippen molar-refractivity contribution in [2.75, 3.05) is 5.32 Å². The van der Waals surface area contributed by atoms with Gasteiger partial charge in [0.15, 0.2) is 0 Å². The fourth-order valence-electron chi connectivity index (χ4n) is 2.18. The lowest BCUT2D eigenvalue weighted by atomic mass is 10.1. The molecule has 3 rings (SSSR count). The smallest absolute Gasteiger partial charge is 0.133 e. The Labute approximate surface area is 118 Å². The second-order valence-electron chi connectivity index (χ2n) is 5.18. The van der Waals surface area contributed by atoms with E-state index in [0.29, 0.717) is 11.5 Å². The maximum absolute atomic E-state index is 8.95. The summed E-state index contributed by atoms with van der Waals surface area (Å²) >= 11 is 0. The predicted molar refractivity (Wildman–Crippen MR) is 77.2 cm³/mol. The topological polar surface area (TPSA) is 61.6 Å². The lowest BCUT2D eigenvalue weighted by Crippen LogP contribution is -2.09. The molecule has 1 atom stereocenters. The van der Waals surface area contributed by atoms with Crippen molar-refractivity contribution < 1.29 is 0 Å². The fourth-order valence-corrected chi connectivity index (χ4v) is 2.18. The van der Waals surface area contributed by atoms with E-state index in [0.717, 1.165) is 17.2 Å². The Hall–Kier alpha value is -2.41. The van der Waals surface area contributed by atoms with E-state index >= 15 is 0 Å². The third-order valence-corrected chi connectivity index (χ3v) is 3.50. The second kappa shape index (κ2) is 5.30. The first-order valence-electron chi connectivity index (χ1n) is 6.86. The summed E-state index contributed by atoms with van der Waals surface area (Å²) in [7, 11) is 0. The summed E-state index contributed by atoms with van der Waals surface area (Å²) in [6.07, 6.45) is 4.20. The van der Waals surface area contributed by atoms with Crippen molar-refractivity contribution in [1.29, 1.82) is 5.26 Å². The van der Waals surface area contributed by atoms with Gasteiger partial charge in [-0.25, -0.2) is 9.97 Å². The van der Waals surface area contributed by atoms with Crippen molar-refractivity contribution in [2.45, 2.75) is 31.7 Å². The number of aromatic nitrogens is 2. The van der Waals surface area contributed by atoms with Gasteiger partial charge in [-0.2, -0.15) is 5.26 Å². The zero-order valence-electron chi connectivity index (χ0n) is 11.4. The second-order valence-corrected chi connectivity index (χ2v) is 5.18. The lowest BCUT2D eigenvalue weighted by Gasteiger charge is -2.15. The first-order valence-corrected chi connectivity index (χ1v) is 6.86. The molecule has 0 amide bonds. The molecule has 0 spiro atoms. The summed E-state index contributed by atoms with van der Waals surface area (Å²) < 4.78 is 0. The van der Waals surface area contributed by atoms with Gasteiger partial charge in [0.05, 0.1) is 11.6 Å². The Kier molecular flexibility index (Phi) is 3.34. The summed E-state index contributed by atoms with van der Waals surface area (Å²) in [4.78, 5) is 8.87. The Morgan fingerprint density at radius 1 is 1.35 bits per heavy atom. The zero-order chi connectivity index (χ0) is 13.9. The Balaban J connectivity index is 1.76. The highest BCUT2D eigenvalue weighted by Crippen LogP contribution is 2.38. The maximum Gasteiger partial charge on any atom is 0.133 e. The van der Waals surface area contributed by atoms with Gasteiger partial charge in [0, 0.05) is 18.2 Å². The Morgan fingerprint density at radius 2 is 2.20 bits per heavy atom. The molecule has 0 saturated heterocycles. The van der Waals surface area contributed by atoms with Gasteiger partial charge < -0.3 is 5.32 Å². The number of anilines is 1. The van der Waals surface area contributed by atoms with Crippen LogP contribution in [0.3, 0.4) is 0 Å². The Morgan fingerprint density at radius 3 is 2.95 bits per heavy atom. The van der Waals surface area contributed by atoms with Crippen LogP contribution in [0.15, 0.2) is 36.5 Å². The van der Waals surface area contributed by atoms with Crippen molar-refractivity contribution in [1.82, 2.24) is 9.97 Å². The highest BCUT2D eigenvalue weighted by Gasteiger charge is 2.26. The highest BCUT2D eigenvalue weighted by atomic mass is 15.0. The SMILES string of the molecule is CC(Nc1ccnc(C2CC2)n1)c1cccc(C#N)c1. The van der Waals surface area contributed by atoms with Gasteiger partial charge in [0.25, 0.3) is 0 Å². The van der Waals surface area contributed by atoms with Gasteiger partial charge in [-0.05, 0) is 43.5 Å². The van der Waals surface area contributed by atoms with Gasteiger partial charge >= 0.3 is 0 Å². The zero-order valence-corrected chi connectivity index (χ0v) is 11.4. The number of nitrogens with one attached hydrogen (secondary N) is 1. The van der Waals surface area contributed by atoms with Crippen molar-refractivity contribution in [3.63, 3.8) is 0 Å². The first kappa shape index (κ1) is 12.6. The van der Waals surface area contributed by atoms with Crippen LogP contribution in [0.4, 0.5) is 5.82 Å². The largest absolute Gasteiger partial charge is 0.363 e. The van der Waals surface area contributed by atoms with Gasteiger partial charge in [-0.3, -0.25) is 0 Å². The van der Waals surface area contributed by atoms with E-state index in [1.54, 1.807) is 6.20 Å². The molecule has 20 heavy (non-hydrogen) atoms. The van der Waals surface area contributed by atoms with E-state index < -0.39 is 0 Å². The molecule has 1 aromatic carbocycles. The van der Waals surface area contributed by atoms with Gasteiger partial charge in [-0.1, -0.05) is 12.1 Å². The molecule has 1 aliphatic carbocycles. The minimum Gasteiger partial charge on any atom is -0.363 e. The molecule has 0 bridgehead atoms. The minimum atomic E-state index is 0.102. The fraction of sp³-hybridized carbons (Fsp3) is 0.312. The molecule has 100 valence electrons. The first-order chi connectivity index (χ1) is 9.76. The van der Waals surface area contributed by atoms with Crippen LogP contribution < -0.4 is 5.32 Å². The normalized spacial score (nSPS) is 15.4. The summed E-state index contributed by atoms with van der Waals surface area (Å²) in [5.74, 6) is 2.33. The molecular formula is C16H16N4. The number of benzene rings is 1. The molecular weight excluding hydrogens is 248 g/mol. The number of hydrogen-bond donors (Lipinski definition) is 1. The van der Waals surface area contributed by atoms with Crippen LogP contribution in [-0.4, -0.2) is 9.97 Å². The number of rotatable bonds is 4. The van der Waals surface area contributed by atoms with Crippen molar-refractivity contribution in [3.8, 4) is 6.07 Å². The van der Waals surface area contributed by atoms with Crippen molar-refractivity contribution >= 4 is 5.82 Å². The van der Waals surface area contributed by atoms with E-state index in [-0.39, 0.29) is 6.04 Å². The van der Waals surface area contributed by atoms with Crippen LogP contribution in [0.2, 0.25) is 0 Å². The average Bonchev–Trinajstić information content (AvgIpc) is 3.32. The molecule has 1 aromatic heterocycles. The van der Waals surface area contributed by atoms with Gasteiger partial charge in [0.2, 0.25) is 0 Å². The van der Waals surface area contributed by atoms with E-state index in [1.165, 1.54) is 12.8 Å². The molecule has 1 saturated carbocycles. The van der Waals surface area contributed by atoms with Crippen LogP contribution in [0.25, 0.3) is 0 Å². The highest BCUT2D eigenvalue weighted by molar-refractivity contribution is 5.40. The predicted octanol–water partition coefficient (Wildman–Crippen LogP) is 3.40. The Bertz CT molecular complexity index is 656. The van der Waals surface area contributed by atoms with Crippen LogP contribution in [-0.2, 0) is 0 Å². The number of nitriles is 1.